The smallest absolute Gasteiger partial charge is 2.00 e. The summed E-state index contributed by atoms with van der Waals surface area (Å²) in [5.74, 6) is 0. The van der Waals surface area contributed by atoms with Gasteiger partial charge in [-0.15, -0.1) is 0 Å². The van der Waals surface area contributed by atoms with Crippen LogP contribution in [0.3, 0.4) is 0 Å². The van der Waals surface area contributed by atoms with Crippen molar-refractivity contribution in [2.24, 2.45) is 0 Å². The summed E-state index contributed by atoms with van der Waals surface area (Å²) in [7, 11) is 14.9. The number of ether oxygens (including phenoxy) is 1. The maximum Gasteiger partial charge on any atom is 2.00 e. The van der Waals surface area contributed by atoms with Crippen molar-refractivity contribution in [1.29, 1.82) is 0 Å². The van der Waals surface area contributed by atoms with Gasteiger partial charge in [-0.25, -0.2) is 0 Å². The minimum Gasteiger partial charge on any atom is 2.00 e. The first-order valence-corrected chi connectivity index (χ1v) is 9.09. The monoisotopic (exact) mass is 319 g/mol. The normalized spacial score (nSPS) is 12.2. The molecule has 12 heavy (non-hydrogen) atoms. The molecule has 1 heterocycles. The molecule has 0 aliphatic carbocycles. The summed E-state index contributed by atoms with van der Waals surface area (Å²) >= 11 is -1.92. The molecule has 0 spiro atoms. The Morgan fingerprint density at radius 3 is 1.25 bits per heavy atom. The Kier molecular flexibility index (Phi) is 39.3. The molecule has 1 fully saturated rings. The van der Waals surface area contributed by atoms with Gasteiger partial charge >= 0.3 is 65.7 Å². The second-order valence-electron chi connectivity index (χ2n) is 1.53. The van der Waals surface area contributed by atoms with Crippen LogP contribution in [0.15, 0.2) is 0 Å². The van der Waals surface area contributed by atoms with Crippen LogP contribution in [0, 0.1) is 0 Å². The van der Waals surface area contributed by atoms with Gasteiger partial charge in [0.15, 0.2) is 0 Å². The van der Waals surface area contributed by atoms with Crippen LogP contribution in [0.25, 0.3) is 0 Å². The molecule has 1 nitrogen and oxygen atoms in total. The standard InChI is InChI=1S/C4H8O.5ClH.Mg.Ti/c1-2-4-5-3-1;;;;;;;/h1-4H2;5*1H;;/q;;;;;;+2;+3/p-5. The Morgan fingerprint density at radius 2 is 1.17 bits per heavy atom. The van der Waals surface area contributed by atoms with Crippen LogP contribution in [-0.2, 0) is 19.4 Å². The maximum atomic E-state index is 4.97. The average Bonchev–Trinajstić information content (AvgIpc) is 2.11. The number of rotatable bonds is 0. The molecule has 71 valence electrons. The van der Waals surface area contributed by atoms with Gasteiger partial charge in [0, 0.05) is 13.2 Å². The van der Waals surface area contributed by atoms with Crippen LogP contribution in [0.5, 0.6) is 0 Å². The first kappa shape index (κ1) is 24.2. The van der Waals surface area contributed by atoms with E-state index in [2.05, 4.69) is 0 Å². The molecule has 1 aliphatic heterocycles. The van der Waals surface area contributed by atoms with Gasteiger partial charge in [-0.05, 0) is 12.8 Å². The van der Waals surface area contributed by atoms with E-state index in [4.69, 9.17) is 32.7 Å². The molecular weight excluding hydrogens is 313 g/mol. The summed E-state index contributed by atoms with van der Waals surface area (Å²) in [6.07, 6.45) is 2.56. The van der Waals surface area contributed by atoms with Crippen molar-refractivity contribution >= 4 is 51.0 Å². The zero-order chi connectivity index (χ0) is 7.11. The van der Waals surface area contributed by atoms with E-state index in [-0.39, 0.29) is 47.9 Å². The van der Waals surface area contributed by atoms with E-state index in [9.17, 15) is 0 Å². The van der Waals surface area contributed by atoms with E-state index in [1.54, 1.807) is 0 Å². The molecule has 0 aromatic carbocycles. The Morgan fingerprint density at radius 1 is 0.917 bits per heavy atom. The zero-order valence-electron chi connectivity index (χ0n) is 6.33. The third-order valence-electron chi connectivity index (χ3n) is 0.827. The van der Waals surface area contributed by atoms with Crippen LogP contribution >= 0.6 is 27.9 Å². The molecule has 0 aromatic heterocycles. The average molecular weight is 322 g/mol. The van der Waals surface area contributed by atoms with Gasteiger partial charge in [-0.1, -0.05) is 0 Å². The molecule has 0 bridgehead atoms. The summed E-state index contributed by atoms with van der Waals surface area (Å²) in [5, 5.41) is 0. The van der Waals surface area contributed by atoms with Crippen molar-refractivity contribution in [3.05, 3.63) is 0 Å². The largest absolute Gasteiger partial charge is 2.00 e. The van der Waals surface area contributed by atoms with E-state index in [1.807, 2.05) is 0 Å². The Labute approximate surface area is 120 Å². The van der Waals surface area contributed by atoms with E-state index >= 15 is 0 Å². The van der Waals surface area contributed by atoms with Crippen LogP contribution < -0.4 is 24.8 Å². The summed E-state index contributed by atoms with van der Waals surface area (Å²) in [6, 6.07) is 0. The van der Waals surface area contributed by atoms with E-state index in [0.29, 0.717) is 0 Å². The van der Waals surface area contributed by atoms with E-state index in [0.717, 1.165) is 13.2 Å². The molecule has 0 amide bonds. The molecule has 0 N–H and O–H groups in total. The van der Waals surface area contributed by atoms with Crippen LogP contribution in [0.4, 0.5) is 0 Å². The summed E-state index contributed by atoms with van der Waals surface area (Å²) in [4.78, 5) is 0. The first-order chi connectivity index (χ1) is 4.23. The van der Waals surface area contributed by atoms with Gasteiger partial charge < -0.3 is 29.6 Å². The molecule has 1 saturated heterocycles. The van der Waals surface area contributed by atoms with Crippen molar-refractivity contribution in [1.82, 2.24) is 0 Å². The maximum absolute atomic E-state index is 4.97. The Balaban J connectivity index is -0.0000000436. The van der Waals surface area contributed by atoms with Crippen LogP contribution in [0.2, 0.25) is 0 Å². The van der Waals surface area contributed by atoms with Crippen molar-refractivity contribution in [3.63, 3.8) is 0 Å². The van der Waals surface area contributed by atoms with Crippen molar-refractivity contribution in [2.45, 2.75) is 12.8 Å². The topological polar surface area (TPSA) is 9.23 Å². The number of halogens is 5. The van der Waals surface area contributed by atoms with Crippen molar-refractivity contribution in [2.75, 3.05) is 13.2 Å². The van der Waals surface area contributed by atoms with Gasteiger partial charge in [0.1, 0.15) is 0 Å². The predicted octanol–water partition coefficient (Wildman–Crippen LogP) is -3.51. The fraction of sp³-hybridized carbons (Fsp3) is 1.00. The Bertz CT molecular complexity index is 55.0. The van der Waals surface area contributed by atoms with Gasteiger partial charge in [-0.2, -0.15) is 0 Å². The summed E-state index contributed by atoms with van der Waals surface area (Å²) < 4.78 is 4.94. The number of hydrogen-bond donors (Lipinski definition) is 0. The minimum atomic E-state index is -1.92. The van der Waals surface area contributed by atoms with Crippen LogP contribution in [-0.4, -0.2) is 36.3 Å². The van der Waals surface area contributed by atoms with Gasteiger partial charge in [0.05, 0.1) is 0 Å². The summed E-state index contributed by atoms with van der Waals surface area (Å²) in [6.45, 7) is 2.00. The molecule has 0 aromatic rings. The van der Waals surface area contributed by atoms with Gasteiger partial charge in [-0.3, -0.25) is 0 Å². The quantitative estimate of drug-likeness (QED) is 0.421. The summed E-state index contributed by atoms with van der Waals surface area (Å²) in [5.41, 5.74) is 0. The van der Waals surface area contributed by atoms with Crippen molar-refractivity contribution < 1.29 is 44.2 Å². The minimum absolute atomic E-state index is 0. The predicted molar refractivity (Wildman–Crippen MR) is 43.4 cm³/mol. The molecule has 0 unspecified atom stereocenters. The SMILES string of the molecule is C1CCOC1.[Cl-].[Cl-].[Cl][Ti]([Cl])[Cl].[Mg+2]. The van der Waals surface area contributed by atoms with Gasteiger partial charge in [0.25, 0.3) is 0 Å². The molecule has 1 aliphatic rings. The van der Waals surface area contributed by atoms with Crippen molar-refractivity contribution in [3.8, 4) is 0 Å². The zero-order valence-corrected chi connectivity index (χ0v) is 13.1. The molecule has 0 atom stereocenters. The van der Waals surface area contributed by atoms with Crippen LogP contribution in [0.1, 0.15) is 12.8 Å². The van der Waals surface area contributed by atoms with E-state index < -0.39 is 14.7 Å². The third-order valence-corrected chi connectivity index (χ3v) is 0.827. The number of hydrogen-bond acceptors (Lipinski definition) is 1. The first-order valence-electron chi connectivity index (χ1n) is 2.64. The fourth-order valence-electron chi connectivity index (χ4n) is 0.510. The van der Waals surface area contributed by atoms with E-state index in [1.165, 1.54) is 12.8 Å². The molecule has 0 radical (unpaired) electrons. The molecule has 8 heteroatoms. The third kappa shape index (κ3) is 29.3. The molecule has 1 rings (SSSR count). The molecule has 0 saturated carbocycles. The van der Waals surface area contributed by atoms with Gasteiger partial charge in [0.2, 0.25) is 0 Å². The fourth-order valence-corrected chi connectivity index (χ4v) is 0.510. The Hall–Kier alpha value is 2.89. The molecular formula is C4H8Cl5MgOTi. The second kappa shape index (κ2) is 19.5. The second-order valence-corrected chi connectivity index (χ2v) is 9.27.